The van der Waals surface area contributed by atoms with Crippen LogP contribution in [0.15, 0.2) is 29.4 Å². The quantitative estimate of drug-likeness (QED) is 0.634. The van der Waals surface area contributed by atoms with Crippen molar-refractivity contribution in [2.45, 2.75) is 6.42 Å². The van der Waals surface area contributed by atoms with Crippen molar-refractivity contribution in [3.05, 3.63) is 46.1 Å². The first-order chi connectivity index (χ1) is 7.27. The Bertz CT molecular complexity index is 578. The monoisotopic (exact) mass is 201 g/mol. The zero-order valence-corrected chi connectivity index (χ0v) is 7.77. The molecular formula is C11H7NO3. The first-order valence-electron chi connectivity index (χ1n) is 4.59. The van der Waals surface area contributed by atoms with Crippen LogP contribution < -0.4 is 5.43 Å². The van der Waals surface area contributed by atoms with Gasteiger partial charge in [0.05, 0.1) is 5.56 Å². The Morgan fingerprint density at radius 2 is 2.20 bits per heavy atom. The van der Waals surface area contributed by atoms with Gasteiger partial charge in [0, 0.05) is 24.9 Å². The molecule has 2 aliphatic rings. The largest absolute Gasteiger partial charge is 0.462 e. The van der Waals surface area contributed by atoms with Gasteiger partial charge in [0.25, 0.3) is 0 Å². The number of pyridine rings is 1. The van der Waals surface area contributed by atoms with Crippen LogP contribution in [0.5, 0.6) is 0 Å². The third kappa shape index (κ3) is 1.01. The van der Waals surface area contributed by atoms with E-state index < -0.39 is 0 Å². The van der Waals surface area contributed by atoms with Gasteiger partial charge >= 0.3 is 0 Å². The van der Waals surface area contributed by atoms with Crippen LogP contribution in [0.4, 0.5) is 0 Å². The van der Waals surface area contributed by atoms with Crippen molar-refractivity contribution in [2.24, 2.45) is 0 Å². The molecule has 1 aromatic heterocycles. The Morgan fingerprint density at radius 1 is 1.33 bits per heavy atom. The lowest BCUT2D eigenvalue weighted by Crippen LogP contribution is -2.24. The van der Waals surface area contributed by atoms with Gasteiger partial charge in [0.15, 0.2) is 11.2 Å². The summed E-state index contributed by atoms with van der Waals surface area (Å²) in [5.41, 5.74) is 0.566. The van der Waals surface area contributed by atoms with E-state index in [-0.39, 0.29) is 23.2 Å². The molecular weight excluding hydrogens is 194 g/mol. The van der Waals surface area contributed by atoms with Crippen LogP contribution in [0, 0.1) is 0 Å². The summed E-state index contributed by atoms with van der Waals surface area (Å²) in [6.45, 7) is 0. The zero-order chi connectivity index (χ0) is 10.4. The van der Waals surface area contributed by atoms with Gasteiger partial charge in [0.2, 0.25) is 0 Å². The Morgan fingerprint density at radius 3 is 3.07 bits per heavy atom. The summed E-state index contributed by atoms with van der Waals surface area (Å²) in [6, 6.07) is 1.40. The predicted octanol–water partition coefficient (Wildman–Crippen LogP) is 1.23. The smallest absolute Gasteiger partial charge is 0.193 e. The van der Waals surface area contributed by atoms with E-state index in [1.165, 1.54) is 12.3 Å². The second-order valence-electron chi connectivity index (χ2n) is 3.41. The molecule has 1 aliphatic heterocycles. The van der Waals surface area contributed by atoms with Gasteiger partial charge in [0.1, 0.15) is 17.7 Å². The van der Waals surface area contributed by atoms with Crippen molar-refractivity contribution >= 4 is 17.7 Å². The minimum atomic E-state index is -0.240. The molecule has 3 rings (SSSR count). The van der Waals surface area contributed by atoms with Crippen molar-refractivity contribution in [3.63, 3.8) is 0 Å². The fraction of sp³-hybridized carbons (Fsp3) is 0.0909. The third-order valence-corrected chi connectivity index (χ3v) is 2.53. The zero-order valence-electron chi connectivity index (χ0n) is 7.77. The van der Waals surface area contributed by atoms with Crippen LogP contribution >= 0.6 is 0 Å². The maximum Gasteiger partial charge on any atom is 0.193 e. The Kier molecular flexibility index (Phi) is 1.48. The van der Waals surface area contributed by atoms with E-state index in [9.17, 15) is 9.59 Å². The van der Waals surface area contributed by atoms with Crippen LogP contribution in [-0.4, -0.2) is 10.4 Å². The summed E-state index contributed by atoms with van der Waals surface area (Å²) < 4.78 is 6.98. The van der Waals surface area contributed by atoms with Gasteiger partial charge in [-0.3, -0.25) is 9.59 Å². The summed E-state index contributed by atoms with van der Waals surface area (Å²) in [4.78, 5) is 23.2. The van der Waals surface area contributed by atoms with E-state index in [4.69, 9.17) is 4.74 Å². The number of ketones is 1. The number of hydrogen-bond acceptors (Lipinski definition) is 3. The Balaban J connectivity index is 2.47. The van der Waals surface area contributed by atoms with Gasteiger partial charge in [-0.1, -0.05) is 0 Å². The summed E-state index contributed by atoms with van der Waals surface area (Å²) in [5.74, 6) is 0.441. The molecule has 0 N–H and O–H groups in total. The highest BCUT2D eigenvalue weighted by Crippen LogP contribution is 2.28. The molecule has 0 atom stereocenters. The van der Waals surface area contributed by atoms with Gasteiger partial charge in [-0.05, 0) is 6.08 Å². The first-order valence-corrected chi connectivity index (χ1v) is 4.59. The highest BCUT2D eigenvalue weighted by Gasteiger charge is 2.26. The second kappa shape index (κ2) is 2.70. The number of carbonyl (C=O) groups excluding carboxylic acids is 1. The van der Waals surface area contributed by atoms with Gasteiger partial charge in [-0.15, -0.1) is 0 Å². The van der Waals surface area contributed by atoms with Crippen LogP contribution in [0.1, 0.15) is 22.5 Å². The van der Waals surface area contributed by atoms with E-state index in [0.717, 1.165) is 0 Å². The molecule has 0 radical (unpaired) electrons. The lowest BCUT2D eigenvalue weighted by molar-refractivity contribution is 0.0990. The molecule has 4 heteroatoms. The molecule has 4 nitrogen and oxygen atoms in total. The third-order valence-electron chi connectivity index (χ3n) is 2.53. The van der Waals surface area contributed by atoms with Crippen molar-refractivity contribution < 1.29 is 9.53 Å². The molecule has 0 fully saturated rings. The predicted molar refractivity (Wildman–Crippen MR) is 54.0 cm³/mol. The van der Waals surface area contributed by atoms with Crippen LogP contribution in [0.25, 0.3) is 12.0 Å². The molecule has 2 heterocycles. The minimum Gasteiger partial charge on any atom is -0.462 e. The first kappa shape index (κ1) is 8.23. The Labute approximate surface area is 85.1 Å². The van der Waals surface area contributed by atoms with Crippen molar-refractivity contribution in [1.29, 1.82) is 0 Å². The lowest BCUT2D eigenvalue weighted by atomic mass is 9.98. The minimum absolute atomic E-state index is 0.146. The fourth-order valence-electron chi connectivity index (χ4n) is 1.85. The Hall–Kier alpha value is -2.10. The van der Waals surface area contributed by atoms with Gasteiger partial charge < -0.3 is 9.30 Å². The van der Waals surface area contributed by atoms with Gasteiger partial charge in [-0.2, -0.15) is 0 Å². The second-order valence-corrected chi connectivity index (χ2v) is 3.41. The summed E-state index contributed by atoms with van der Waals surface area (Å²) in [5, 5.41) is 0. The molecule has 0 aromatic carbocycles. The number of aromatic nitrogens is 1. The number of nitrogens with zero attached hydrogens (tertiary/aromatic N) is 1. The maximum atomic E-state index is 11.6. The van der Waals surface area contributed by atoms with Crippen LogP contribution in [-0.2, 0) is 4.74 Å². The van der Waals surface area contributed by atoms with E-state index in [0.29, 0.717) is 11.5 Å². The van der Waals surface area contributed by atoms with Crippen molar-refractivity contribution in [2.75, 3.05) is 0 Å². The molecule has 74 valence electrons. The standard InChI is InChI=1S/C11H7NO3/c13-7-1-2-9-11-10(7)8(14)3-4-12(11)5-6-15-9/h2-6H,1H2. The normalized spacial score (nSPS) is 16.8. The molecule has 0 bridgehead atoms. The molecule has 0 unspecified atom stereocenters. The fourth-order valence-corrected chi connectivity index (χ4v) is 1.85. The SMILES string of the molecule is O=C1CC=C2OC=Cn3ccc(=O)c1c32. The molecule has 1 aliphatic carbocycles. The molecule has 15 heavy (non-hydrogen) atoms. The molecule has 0 saturated carbocycles. The summed E-state index contributed by atoms with van der Waals surface area (Å²) in [6.07, 6.45) is 6.77. The molecule has 1 aromatic rings. The number of carbonyl (C=O) groups is 1. The lowest BCUT2D eigenvalue weighted by Gasteiger charge is -2.21. The highest BCUT2D eigenvalue weighted by molar-refractivity contribution is 6.03. The molecule has 0 amide bonds. The average Bonchev–Trinajstić information content (AvgIpc) is 2.25. The van der Waals surface area contributed by atoms with Crippen molar-refractivity contribution in [3.8, 4) is 0 Å². The number of ether oxygens (including phenoxy) is 1. The number of Topliss-reactive ketones (excluding diaryl/α,β-unsaturated/α-hetero) is 1. The topological polar surface area (TPSA) is 48.3 Å². The van der Waals surface area contributed by atoms with Crippen molar-refractivity contribution in [1.82, 2.24) is 4.57 Å². The highest BCUT2D eigenvalue weighted by atomic mass is 16.5. The molecule has 0 saturated heterocycles. The van der Waals surface area contributed by atoms with Crippen LogP contribution in [0.2, 0.25) is 0 Å². The number of allylic oxidation sites excluding steroid dienone is 1. The van der Waals surface area contributed by atoms with E-state index >= 15 is 0 Å². The van der Waals surface area contributed by atoms with Crippen LogP contribution in [0.3, 0.4) is 0 Å². The molecule has 0 spiro atoms. The van der Waals surface area contributed by atoms with E-state index in [1.54, 1.807) is 23.0 Å². The maximum absolute atomic E-state index is 11.6. The van der Waals surface area contributed by atoms with Gasteiger partial charge in [-0.25, -0.2) is 0 Å². The van der Waals surface area contributed by atoms with E-state index in [2.05, 4.69) is 0 Å². The number of hydrogen-bond donors (Lipinski definition) is 0. The summed E-state index contributed by atoms with van der Waals surface area (Å²) >= 11 is 0. The summed E-state index contributed by atoms with van der Waals surface area (Å²) in [7, 11) is 0. The number of rotatable bonds is 0. The average molecular weight is 201 g/mol. The van der Waals surface area contributed by atoms with E-state index in [1.807, 2.05) is 0 Å².